The van der Waals surface area contributed by atoms with Crippen LogP contribution in [0.2, 0.25) is 0 Å². The summed E-state index contributed by atoms with van der Waals surface area (Å²) in [5.41, 5.74) is 2.23. The van der Waals surface area contributed by atoms with Gasteiger partial charge in [0.1, 0.15) is 0 Å². The third kappa shape index (κ3) is 1.59. The Morgan fingerprint density at radius 3 is 1.95 bits per heavy atom. The molecule has 3 rings (SSSR count). The molecule has 0 aliphatic carbocycles. The molecule has 0 bridgehead atoms. The van der Waals surface area contributed by atoms with Crippen LogP contribution in [0, 0.1) is 0 Å². The second kappa shape index (κ2) is 4.21. The third-order valence-corrected chi connectivity index (χ3v) is 3.19. The number of hydrogen-bond donors (Lipinski definition) is 0. The van der Waals surface area contributed by atoms with E-state index in [1.165, 1.54) is 4.90 Å². The summed E-state index contributed by atoms with van der Waals surface area (Å²) >= 11 is 0. The molecule has 0 atom stereocenters. The van der Waals surface area contributed by atoms with Crippen molar-refractivity contribution in [1.82, 2.24) is 0 Å². The maximum Gasteiger partial charge on any atom is 0.266 e. The Hall–Kier alpha value is -2.68. The monoisotopic (exact) mass is 249 g/mol. The number of imide groups is 1. The fourth-order valence-corrected chi connectivity index (χ4v) is 2.27. The maximum absolute atomic E-state index is 12.3. The fourth-order valence-electron chi connectivity index (χ4n) is 2.27. The summed E-state index contributed by atoms with van der Waals surface area (Å²) < 4.78 is 0. The number of anilines is 1. The van der Waals surface area contributed by atoms with E-state index in [2.05, 4.69) is 6.58 Å². The lowest BCUT2D eigenvalue weighted by Crippen LogP contribution is -2.29. The van der Waals surface area contributed by atoms with Gasteiger partial charge in [0, 0.05) is 0 Å². The van der Waals surface area contributed by atoms with Crippen molar-refractivity contribution >= 4 is 23.6 Å². The number of amides is 2. The van der Waals surface area contributed by atoms with Crippen molar-refractivity contribution in [3.8, 4) is 0 Å². The Labute approximate surface area is 110 Å². The van der Waals surface area contributed by atoms with Gasteiger partial charge in [0.2, 0.25) is 0 Å². The highest BCUT2D eigenvalue weighted by molar-refractivity contribution is 6.34. The van der Waals surface area contributed by atoms with Crippen LogP contribution in [0.4, 0.5) is 5.69 Å². The average molecular weight is 249 g/mol. The van der Waals surface area contributed by atoms with E-state index in [-0.39, 0.29) is 11.8 Å². The maximum atomic E-state index is 12.3. The van der Waals surface area contributed by atoms with Gasteiger partial charge in [-0.05, 0) is 23.8 Å². The lowest BCUT2D eigenvalue weighted by Gasteiger charge is -2.16. The molecule has 3 heteroatoms. The van der Waals surface area contributed by atoms with E-state index in [0.717, 1.165) is 5.56 Å². The van der Waals surface area contributed by atoms with Crippen LogP contribution in [0.15, 0.2) is 55.1 Å². The van der Waals surface area contributed by atoms with Gasteiger partial charge in [-0.15, -0.1) is 0 Å². The fraction of sp³-hybridized carbons (Fsp3) is 0. The first-order valence-electron chi connectivity index (χ1n) is 5.93. The Kier molecular flexibility index (Phi) is 2.53. The predicted molar refractivity (Wildman–Crippen MR) is 74.1 cm³/mol. The molecule has 0 unspecified atom stereocenters. The number of para-hydroxylation sites is 1. The van der Waals surface area contributed by atoms with Crippen LogP contribution in [0.3, 0.4) is 0 Å². The van der Waals surface area contributed by atoms with Crippen LogP contribution in [0.25, 0.3) is 6.08 Å². The van der Waals surface area contributed by atoms with Gasteiger partial charge in [0.25, 0.3) is 11.8 Å². The molecule has 0 aromatic heterocycles. The molecular formula is C16H11NO2. The van der Waals surface area contributed by atoms with Gasteiger partial charge in [-0.1, -0.05) is 43.0 Å². The molecule has 2 aromatic carbocycles. The summed E-state index contributed by atoms with van der Waals surface area (Å²) in [5.74, 6) is -0.565. The van der Waals surface area contributed by atoms with Crippen LogP contribution < -0.4 is 4.90 Å². The van der Waals surface area contributed by atoms with Crippen LogP contribution in [-0.2, 0) is 0 Å². The molecule has 0 N–H and O–H groups in total. The highest BCUT2D eigenvalue weighted by atomic mass is 16.2. The highest BCUT2D eigenvalue weighted by Gasteiger charge is 2.36. The molecule has 2 aromatic rings. The van der Waals surface area contributed by atoms with Gasteiger partial charge in [-0.3, -0.25) is 9.59 Å². The Morgan fingerprint density at radius 2 is 1.37 bits per heavy atom. The van der Waals surface area contributed by atoms with Crippen molar-refractivity contribution < 1.29 is 9.59 Å². The first-order valence-corrected chi connectivity index (χ1v) is 5.93. The van der Waals surface area contributed by atoms with E-state index < -0.39 is 0 Å². The van der Waals surface area contributed by atoms with Crippen molar-refractivity contribution in [3.05, 3.63) is 71.8 Å². The first kappa shape index (κ1) is 11.4. The summed E-state index contributed by atoms with van der Waals surface area (Å²) in [4.78, 5) is 25.9. The molecule has 1 aliphatic rings. The van der Waals surface area contributed by atoms with Crippen LogP contribution in [0.1, 0.15) is 26.3 Å². The third-order valence-electron chi connectivity index (χ3n) is 3.19. The smallest absolute Gasteiger partial charge is 0.266 e. The number of carbonyl (C=O) groups is 2. The van der Waals surface area contributed by atoms with E-state index >= 15 is 0 Å². The number of carbonyl (C=O) groups excluding carboxylic acids is 2. The van der Waals surface area contributed by atoms with Gasteiger partial charge in [-0.2, -0.15) is 0 Å². The molecule has 0 spiro atoms. The quantitative estimate of drug-likeness (QED) is 0.767. The standard InChI is InChI=1S/C16H11NO2/c1-2-11-7-3-6-10-14(11)17-15(18)12-8-4-5-9-13(12)16(17)19/h2-10H,1H2. The van der Waals surface area contributed by atoms with Crippen molar-refractivity contribution in [2.75, 3.05) is 4.90 Å². The zero-order valence-electron chi connectivity index (χ0n) is 10.2. The van der Waals surface area contributed by atoms with Crippen LogP contribution in [0.5, 0.6) is 0 Å². The minimum absolute atomic E-state index is 0.282. The van der Waals surface area contributed by atoms with Crippen LogP contribution in [-0.4, -0.2) is 11.8 Å². The SMILES string of the molecule is C=Cc1ccccc1N1C(=O)c2ccccc2C1=O. The normalized spacial score (nSPS) is 13.6. The second-order valence-electron chi connectivity index (χ2n) is 4.25. The molecule has 0 saturated heterocycles. The second-order valence-corrected chi connectivity index (χ2v) is 4.25. The van der Waals surface area contributed by atoms with Gasteiger partial charge in [-0.25, -0.2) is 4.90 Å². The zero-order valence-corrected chi connectivity index (χ0v) is 10.2. The van der Waals surface area contributed by atoms with Gasteiger partial charge in [0.05, 0.1) is 16.8 Å². The first-order chi connectivity index (χ1) is 9.24. The molecule has 92 valence electrons. The topological polar surface area (TPSA) is 37.4 Å². The molecular weight excluding hydrogens is 238 g/mol. The number of hydrogen-bond acceptors (Lipinski definition) is 2. The molecule has 2 amide bonds. The zero-order chi connectivity index (χ0) is 13.4. The van der Waals surface area contributed by atoms with Crippen molar-refractivity contribution in [1.29, 1.82) is 0 Å². The van der Waals surface area contributed by atoms with E-state index in [0.29, 0.717) is 16.8 Å². The minimum Gasteiger partial charge on any atom is -0.268 e. The molecule has 3 nitrogen and oxygen atoms in total. The van der Waals surface area contributed by atoms with Gasteiger partial charge in [0.15, 0.2) is 0 Å². The van der Waals surface area contributed by atoms with Crippen molar-refractivity contribution in [2.45, 2.75) is 0 Å². The number of nitrogens with zero attached hydrogens (tertiary/aromatic N) is 1. The van der Waals surface area contributed by atoms with Crippen LogP contribution >= 0.6 is 0 Å². The van der Waals surface area contributed by atoms with Gasteiger partial charge >= 0.3 is 0 Å². The lowest BCUT2D eigenvalue weighted by molar-refractivity contribution is 0.0926. The van der Waals surface area contributed by atoms with E-state index in [4.69, 9.17) is 0 Å². The van der Waals surface area contributed by atoms with E-state index in [9.17, 15) is 9.59 Å². The molecule has 1 heterocycles. The summed E-state index contributed by atoms with van der Waals surface area (Å²) in [6, 6.07) is 14.1. The molecule has 1 aliphatic heterocycles. The van der Waals surface area contributed by atoms with Gasteiger partial charge < -0.3 is 0 Å². The molecule has 0 radical (unpaired) electrons. The summed E-state index contributed by atoms with van der Waals surface area (Å²) in [5, 5.41) is 0. The van der Waals surface area contributed by atoms with Crippen molar-refractivity contribution in [3.63, 3.8) is 0 Å². The van der Waals surface area contributed by atoms with E-state index in [1.54, 1.807) is 42.5 Å². The Morgan fingerprint density at radius 1 is 0.842 bits per heavy atom. The summed E-state index contributed by atoms with van der Waals surface area (Å²) in [6.07, 6.45) is 1.64. The Balaban J connectivity index is 2.17. The number of benzene rings is 2. The lowest BCUT2D eigenvalue weighted by atomic mass is 10.1. The average Bonchev–Trinajstić information content (AvgIpc) is 2.71. The largest absolute Gasteiger partial charge is 0.268 e. The molecule has 19 heavy (non-hydrogen) atoms. The molecule has 0 fully saturated rings. The molecule has 0 saturated carbocycles. The number of fused-ring (bicyclic) bond motifs is 1. The van der Waals surface area contributed by atoms with Crippen molar-refractivity contribution in [2.24, 2.45) is 0 Å². The summed E-state index contributed by atoms with van der Waals surface area (Å²) in [6.45, 7) is 3.71. The number of rotatable bonds is 2. The predicted octanol–water partition coefficient (Wildman–Crippen LogP) is 3.13. The summed E-state index contributed by atoms with van der Waals surface area (Å²) in [7, 11) is 0. The van der Waals surface area contributed by atoms with E-state index in [1.807, 2.05) is 12.1 Å². The minimum atomic E-state index is -0.282. The highest BCUT2D eigenvalue weighted by Crippen LogP contribution is 2.30. The Bertz CT molecular complexity index is 668.